The van der Waals surface area contributed by atoms with Crippen molar-refractivity contribution in [1.82, 2.24) is 0 Å². The first-order chi connectivity index (χ1) is 7.66. The van der Waals surface area contributed by atoms with Gasteiger partial charge in [-0.15, -0.1) is 0 Å². The van der Waals surface area contributed by atoms with E-state index >= 15 is 0 Å². The molecule has 2 rings (SSSR count). The number of benzene rings is 2. The second kappa shape index (κ2) is 4.96. The van der Waals surface area contributed by atoms with Crippen LogP contribution in [0.1, 0.15) is 0 Å². The summed E-state index contributed by atoms with van der Waals surface area (Å²) >= 11 is 17.8. The highest BCUT2D eigenvalue weighted by molar-refractivity contribution is 6.40. The van der Waals surface area contributed by atoms with Crippen molar-refractivity contribution in [3.63, 3.8) is 0 Å². The van der Waals surface area contributed by atoms with E-state index in [1.54, 1.807) is 36.4 Å². The SMILES string of the molecule is Clc1cc(Cl)c(Oc2cc[c]cc2)c(Cl)c1. The van der Waals surface area contributed by atoms with Crippen LogP contribution in [0.15, 0.2) is 36.4 Å². The average Bonchev–Trinajstić information content (AvgIpc) is 2.25. The van der Waals surface area contributed by atoms with E-state index in [1.165, 1.54) is 0 Å². The third kappa shape index (κ3) is 2.62. The molecule has 0 amide bonds. The zero-order valence-electron chi connectivity index (χ0n) is 8.01. The number of hydrogen-bond donors (Lipinski definition) is 0. The van der Waals surface area contributed by atoms with E-state index in [2.05, 4.69) is 6.07 Å². The highest BCUT2D eigenvalue weighted by Gasteiger charge is 2.09. The Hall–Kier alpha value is -0.890. The van der Waals surface area contributed by atoms with Gasteiger partial charge in [-0.1, -0.05) is 46.9 Å². The molecule has 4 heteroatoms. The Bertz CT molecular complexity index is 474. The van der Waals surface area contributed by atoms with Gasteiger partial charge in [0.15, 0.2) is 5.75 Å². The zero-order chi connectivity index (χ0) is 11.5. The van der Waals surface area contributed by atoms with Crippen molar-refractivity contribution in [2.24, 2.45) is 0 Å². The van der Waals surface area contributed by atoms with Crippen LogP contribution < -0.4 is 4.74 Å². The number of halogens is 3. The van der Waals surface area contributed by atoms with Crippen molar-refractivity contribution in [2.75, 3.05) is 0 Å². The summed E-state index contributed by atoms with van der Waals surface area (Å²) in [5.41, 5.74) is 0. The lowest BCUT2D eigenvalue weighted by Gasteiger charge is -2.09. The van der Waals surface area contributed by atoms with Gasteiger partial charge in [0.05, 0.1) is 10.0 Å². The minimum atomic E-state index is 0.380. The van der Waals surface area contributed by atoms with E-state index < -0.39 is 0 Å². The van der Waals surface area contributed by atoms with Gasteiger partial charge in [0, 0.05) is 5.02 Å². The molecule has 1 nitrogen and oxygen atoms in total. The molecule has 0 aliphatic heterocycles. The maximum absolute atomic E-state index is 5.98. The van der Waals surface area contributed by atoms with Gasteiger partial charge in [0.25, 0.3) is 0 Å². The monoisotopic (exact) mass is 271 g/mol. The fourth-order valence-corrected chi connectivity index (χ4v) is 2.08. The molecule has 0 atom stereocenters. The molecule has 0 unspecified atom stereocenters. The molecular formula is C12H6Cl3O. The Kier molecular flexibility index (Phi) is 3.59. The lowest BCUT2D eigenvalue weighted by atomic mass is 10.3. The van der Waals surface area contributed by atoms with Crippen molar-refractivity contribution >= 4 is 34.8 Å². The summed E-state index contributed by atoms with van der Waals surface area (Å²) in [6.07, 6.45) is 0. The van der Waals surface area contributed by atoms with Crippen molar-refractivity contribution in [3.8, 4) is 11.5 Å². The topological polar surface area (TPSA) is 9.23 Å². The van der Waals surface area contributed by atoms with Crippen LogP contribution in [-0.2, 0) is 0 Å². The minimum Gasteiger partial charge on any atom is -0.454 e. The summed E-state index contributed by atoms with van der Waals surface area (Å²) < 4.78 is 5.55. The molecule has 0 bridgehead atoms. The number of rotatable bonds is 2. The molecule has 0 N–H and O–H groups in total. The smallest absolute Gasteiger partial charge is 0.164 e. The predicted octanol–water partition coefficient (Wildman–Crippen LogP) is 5.24. The van der Waals surface area contributed by atoms with Gasteiger partial charge in [0.1, 0.15) is 5.75 Å². The van der Waals surface area contributed by atoms with E-state index in [0.717, 1.165) is 0 Å². The van der Waals surface area contributed by atoms with Crippen LogP contribution in [0.5, 0.6) is 11.5 Å². The molecule has 1 radical (unpaired) electrons. The third-order valence-corrected chi connectivity index (χ3v) is 2.65. The van der Waals surface area contributed by atoms with E-state index in [1.807, 2.05) is 0 Å². The van der Waals surface area contributed by atoms with Gasteiger partial charge < -0.3 is 4.74 Å². The lowest BCUT2D eigenvalue weighted by molar-refractivity contribution is 0.483. The molecule has 0 fully saturated rings. The maximum Gasteiger partial charge on any atom is 0.164 e. The number of ether oxygens (including phenoxy) is 1. The summed E-state index contributed by atoms with van der Waals surface area (Å²) in [7, 11) is 0. The van der Waals surface area contributed by atoms with Gasteiger partial charge in [-0.3, -0.25) is 0 Å². The molecule has 16 heavy (non-hydrogen) atoms. The van der Waals surface area contributed by atoms with Gasteiger partial charge in [-0.2, -0.15) is 0 Å². The van der Waals surface area contributed by atoms with Crippen LogP contribution in [0, 0.1) is 6.07 Å². The van der Waals surface area contributed by atoms with Crippen molar-refractivity contribution in [1.29, 1.82) is 0 Å². The van der Waals surface area contributed by atoms with Crippen LogP contribution in [0.2, 0.25) is 15.1 Å². The van der Waals surface area contributed by atoms with Crippen LogP contribution in [-0.4, -0.2) is 0 Å². The summed E-state index contributed by atoms with van der Waals surface area (Å²) in [5, 5.41) is 1.24. The molecule has 0 spiro atoms. The van der Waals surface area contributed by atoms with E-state index in [4.69, 9.17) is 39.5 Å². The molecule has 0 aliphatic carbocycles. The molecule has 0 heterocycles. The van der Waals surface area contributed by atoms with Crippen LogP contribution >= 0.6 is 34.8 Å². The van der Waals surface area contributed by atoms with E-state index in [9.17, 15) is 0 Å². The molecule has 0 aromatic heterocycles. The first-order valence-corrected chi connectivity index (χ1v) is 5.59. The first kappa shape index (κ1) is 11.6. The Morgan fingerprint density at radius 2 is 1.50 bits per heavy atom. The molecule has 81 valence electrons. The summed E-state index contributed by atoms with van der Waals surface area (Å²) in [6, 6.07) is 13.1. The van der Waals surface area contributed by atoms with Crippen LogP contribution in [0.4, 0.5) is 0 Å². The normalized spacial score (nSPS) is 10.2. The van der Waals surface area contributed by atoms with Gasteiger partial charge in [-0.25, -0.2) is 0 Å². The first-order valence-electron chi connectivity index (χ1n) is 4.45. The standard InChI is InChI=1S/C12H6Cl3O/c13-8-6-10(14)12(11(15)7-8)16-9-4-2-1-3-5-9/h2-7H. The van der Waals surface area contributed by atoms with Crippen molar-refractivity contribution < 1.29 is 4.74 Å². The molecule has 2 aromatic carbocycles. The van der Waals surface area contributed by atoms with Gasteiger partial charge in [-0.05, 0) is 30.3 Å². The van der Waals surface area contributed by atoms with Crippen LogP contribution in [0.25, 0.3) is 0 Å². The average molecular weight is 273 g/mol. The summed E-state index contributed by atoms with van der Waals surface area (Å²) in [5.74, 6) is 1.05. The van der Waals surface area contributed by atoms with Crippen LogP contribution in [0.3, 0.4) is 0 Å². The summed E-state index contributed by atoms with van der Waals surface area (Å²) in [4.78, 5) is 0. The van der Waals surface area contributed by atoms with E-state index in [-0.39, 0.29) is 0 Å². The molecule has 0 aliphatic rings. The summed E-state index contributed by atoms with van der Waals surface area (Å²) in [6.45, 7) is 0. The second-order valence-electron chi connectivity index (χ2n) is 3.04. The predicted molar refractivity (Wildman–Crippen MR) is 66.8 cm³/mol. The third-order valence-electron chi connectivity index (χ3n) is 1.87. The largest absolute Gasteiger partial charge is 0.454 e. The highest BCUT2D eigenvalue weighted by atomic mass is 35.5. The molecule has 2 aromatic rings. The van der Waals surface area contributed by atoms with Gasteiger partial charge in [0.2, 0.25) is 0 Å². The van der Waals surface area contributed by atoms with E-state index in [0.29, 0.717) is 26.6 Å². The highest BCUT2D eigenvalue weighted by Crippen LogP contribution is 2.38. The molecular weight excluding hydrogens is 266 g/mol. The Balaban J connectivity index is 2.35. The fourth-order valence-electron chi connectivity index (χ4n) is 1.18. The van der Waals surface area contributed by atoms with Gasteiger partial charge >= 0.3 is 0 Å². The quantitative estimate of drug-likeness (QED) is 0.726. The molecule has 0 saturated carbocycles. The fraction of sp³-hybridized carbons (Fsp3) is 0. The van der Waals surface area contributed by atoms with Crippen molar-refractivity contribution in [3.05, 3.63) is 57.5 Å². The van der Waals surface area contributed by atoms with Crippen molar-refractivity contribution in [2.45, 2.75) is 0 Å². The zero-order valence-corrected chi connectivity index (χ0v) is 10.3. The Morgan fingerprint density at radius 1 is 0.938 bits per heavy atom. The minimum absolute atomic E-state index is 0.380. The molecule has 0 saturated heterocycles. The Morgan fingerprint density at radius 3 is 2.06 bits per heavy atom. The Labute approximate surface area is 109 Å². The number of hydrogen-bond acceptors (Lipinski definition) is 1. The lowest BCUT2D eigenvalue weighted by Crippen LogP contribution is -1.86. The maximum atomic E-state index is 5.98. The second-order valence-corrected chi connectivity index (χ2v) is 4.29.